The molecular formula is C12H16N4OS. The Morgan fingerprint density at radius 2 is 2.50 bits per heavy atom. The zero-order valence-electron chi connectivity index (χ0n) is 10.1. The lowest BCUT2D eigenvalue weighted by atomic mass is 10.1. The molecule has 0 bridgehead atoms. The highest BCUT2D eigenvalue weighted by Gasteiger charge is 2.19. The van der Waals surface area contributed by atoms with Crippen molar-refractivity contribution in [3.63, 3.8) is 0 Å². The fourth-order valence-corrected chi connectivity index (χ4v) is 2.89. The summed E-state index contributed by atoms with van der Waals surface area (Å²) < 4.78 is 5.29. The molecule has 0 saturated carbocycles. The van der Waals surface area contributed by atoms with Gasteiger partial charge in [-0.1, -0.05) is 5.16 Å². The van der Waals surface area contributed by atoms with Gasteiger partial charge in [0, 0.05) is 23.5 Å². The highest BCUT2D eigenvalue weighted by molar-refractivity contribution is 7.08. The molecule has 1 aliphatic rings. The van der Waals surface area contributed by atoms with E-state index in [1.54, 1.807) is 11.3 Å². The average molecular weight is 264 g/mol. The molecule has 0 radical (unpaired) electrons. The van der Waals surface area contributed by atoms with E-state index in [9.17, 15) is 0 Å². The fraction of sp³-hybridized carbons (Fsp3) is 0.500. The van der Waals surface area contributed by atoms with Crippen LogP contribution in [0.4, 0.5) is 0 Å². The molecule has 0 aliphatic carbocycles. The zero-order chi connectivity index (χ0) is 12.4. The number of hydrogen-bond donors (Lipinski definition) is 1. The van der Waals surface area contributed by atoms with E-state index in [-0.39, 0.29) is 6.04 Å². The van der Waals surface area contributed by atoms with Gasteiger partial charge in [0.25, 0.3) is 0 Å². The fourth-order valence-electron chi connectivity index (χ4n) is 2.25. The lowest BCUT2D eigenvalue weighted by molar-refractivity contribution is 0.178. The SMILES string of the molecule is N[C@@H]1CCCN(Cc2nc(-c3ccsc3)no2)C1. The maximum atomic E-state index is 5.95. The number of rotatable bonds is 3. The van der Waals surface area contributed by atoms with Crippen LogP contribution in [-0.2, 0) is 6.54 Å². The summed E-state index contributed by atoms with van der Waals surface area (Å²) in [6.45, 7) is 2.67. The van der Waals surface area contributed by atoms with Gasteiger partial charge >= 0.3 is 0 Å². The van der Waals surface area contributed by atoms with Gasteiger partial charge in [-0.25, -0.2) is 0 Å². The first kappa shape index (κ1) is 11.8. The van der Waals surface area contributed by atoms with E-state index < -0.39 is 0 Å². The summed E-state index contributed by atoms with van der Waals surface area (Å²) in [5.41, 5.74) is 6.97. The highest BCUT2D eigenvalue weighted by atomic mass is 32.1. The van der Waals surface area contributed by atoms with E-state index in [0.717, 1.165) is 31.5 Å². The van der Waals surface area contributed by atoms with Crippen molar-refractivity contribution in [3.05, 3.63) is 22.7 Å². The van der Waals surface area contributed by atoms with E-state index in [4.69, 9.17) is 10.3 Å². The van der Waals surface area contributed by atoms with Crippen LogP contribution >= 0.6 is 11.3 Å². The van der Waals surface area contributed by atoms with E-state index in [1.165, 1.54) is 0 Å². The number of piperidine rings is 1. The van der Waals surface area contributed by atoms with Gasteiger partial charge in [-0.05, 0) is 30.8 Å². The van der Waals surface area contributed by atoms with E-state index in [0.29, 0.717) is 18.3 Å². The van der Waals surface area contributed by atoms with Crippen molar-refractivity contribution >= 4 is 11.3 Å². The Bertz CT molecular complexity index is 496. The molecule has 6 heteroatoms. The van der Waals surface area contributed by atoms with E-state index in [2.05, 4.69) is 15.0 Å². The maximum Gasteiger partial charge on any atom is 0.241 e. The Morgan fingerprint density at radius 1 is 1.56 bits per heavy atom. The van der Waals surface area contributed by atoms with E-state index >= 15 is 0 Å². The van der Waals surface area contributed by atoms with Crippen LogP contribution in [0, 0.1) is 0 Å². The second-order valence-corrected chi connectivity index (χ2v) is 5.44. The number of aromatic nitrogens is 2. The normalized spacial score (nSPS) is 21.3. The molecule has 18 heavy (non-hydrogen) atoms. The lowest BCUT2D eigenvalue weighted by Gasteiger charge is -2.29. The van der Waals surface area contributed by atoms with Crippen LogP contribution in [0.15, 0.2) is 21.3 Å². The molecule has 1 aliphatic heterocycles. The molecule has 1 atom stereocenters. The summed E-state index contributed by atoms with van der Waals surface area (Å²) in [4.78, 5) is 6.70. The van der Waals surface area contributed by atoms with Gasteiger partial charge < -0.3 is 10.3 Å². The number of thiophene rings is 1. The first-order chi connectivity index (χ1) is 8.81. The van der Waals surface area contributed by atoms with Crippen molar-refractivity contribution in [2.45, 2.75) is 25.4 Å². The quantitative estimate of drug-likeness (QED) is 0.914. The lowest BCUT2D eigenvalue weighted by Crippen LogP contribution is -2.42. The first-order valence-electron chi connectivity index (χ1n) is 6.14. The van der Waals surface area contributed by atoms with Gasteiger partial charge in [0.05, 0.1) is 6.54 Å². The Morgan fingerprint density at radius 3 is 3.28 bits per heavy atom. The third-order valence-corrected chi connectivity index (χ3v) is 3.83. The summed E-state index contributed by atoms with van der Waals surface area (Å²) in [5.74, 6) is 1.35. The van der Waals surface area contributed by atoms with Crippen LogP contribution in [-0.4, -0.2) is 34.2 Å². The van der Waals surface area contributed by atoms with Crippen LogP contribution in [0.3, 0.4) is 0 Å². The molecule has 0 amide bonds. The minimum atomic E-state index is 0.276. The van der Waals surface area contributed by atoms with Gasteiger partial charge in [-0.15, -0.1) is 0 Å². The standard InChI is InChI=1S/C12H16N4OS/c13-10-2-1-4-16(6-10)7-11-14-12(15-17-11)9-3-5-18-8-9/h3,5,8,10H,1-2,4,6-7,13H2/t10-/m1/s1. The van der Waals surface area contributed by atoms with Crippen molar-refractivity contribution in [2.75, 3.05) is 13.1 Å². The van der Waals surface area contributed by atoms with Crippen molar-refractivity contribution in [1.82, 2.24) is 15.0 Å². The summed E-state index contributed by atoms with van der Waals surface area (Å²) in [6, 6.07) is 2.27. The molecule has 2 aromatic heterocycles. The molecule has 2 N–H and O–H groups in total. The predicted octanol–water partition coefficient (Wildman–Crippen LogP) is 1.72. The van der Waals surface area contributed by atoms with Gasteiger partial charge in [0.2, 0.25) is 11.7 Å². The predicted molar refractivity (Wildman–Crippen MR) is 70.1 cm³/mol. The Labute approximate surface area is 110 Å². The number of nitrogens with zero attached hydrogens (tertiary/aromatic N) is 3. The summed E-state index contributed by atoms with van der Waals surface area (Å²) in [6.07, 6.45) is 2.26. The number of likely N-dealkylation sites (tertiary alicyclic amines) is 1. The third kappa shape index (κ3) is 2.60. The molecule has 2 aromatic rings. The smallest absolute Gasteiger partial charge is 0.241 e. The second kappa shape index (κ2) is 5.17. The Balaban J connectivity index is 1.66. The molecule has 1 saturated heterocycles. The van der Waals surface area contributed by atoms with Crippen molar-refractivity contribution < 1.29 is 4.52 Å². The molecule has 0 aromatic carbocycles. The van der Waals surface area contributed by atoms with Crippen LogP contribution < -0.4 is 5.73 Å². The molecule has 3 heterocycles. The second-order valence-electron chi connectivity index (χ2n) is 4.66. The van der Waals surface area contributed by atoms with Crippen molar-refractivity contribution in [2.24, 2.45) is 5.73 Å². The summed E-state index contributed by atoms with van der Waals surface area (Å²) in [5, 5.41) is 8.03. The molecule has 5 nitrogen and oxygen atoms in total. The number of nitrogens with two attached hydrogens (primary N) is 1. The molecule has 0 spiro atoms. The highest BCUT2D eigenvalue weighted by Crippen LogP contribution is 2.19. The Hall–Kier alpha value is -1.24. The third-order valence-electron chi connectivity index (χ3n) is 3.15. The minimum absolute atomic E-state index is 0.276. The zero-order valence-corrected chi connectivity index (χ0v) is 10.9. The van der Waals surface area contributed by atoms with Gasteiger partial charge in [0.15, 0.2) is 0 Å². The molecule has 0 unspecified atom stereocenters. The molecule has 3 rings (SSSR count). The molecule has 1 fully saturated rings. The van der Waals surface area contributed by atoms with Gasteiger partial charge in [0.1, 0.15) is 0 Å². The topological polar surface area (TPSA) is 68.2 Å². The summed E-state index contributed by atoms with van der Waals surface area (Å²) >= 11 is 1.63. The summed E-state index contributed by atoms with van der Waals surface area (Å²) in [7, 11) is 0. The minimum Gasteiger partial charge on any atom is -0.338 e. The van der Waals surface area contributed by atoms with Gasteiger partial charge in [-0.2, -0.15) is 16.3 Å². The molecule has 96 valence electrons. The monoisotopic (exact) mass is 264 g/mol. The van der Waals surface area contributed by atoms with Crippen molar-refractivity contribution in [1.29, 1.82) is 0 Å². The average Bonchev–Trinajstić information content (AvgIpc) is 2.98. The van der Waals surface area contributed by atoms with Crippen molar-refractivity contribution in [3.8, 4) is 11.4 Å². The first-order valence-corrected chi connectivity index (χ1v) is 7.08. The maximum absolute atomic E-state index is 5.95. The van der Waals surface area contributed by atoms with Crippen LogP contribution in [0.1, 0.15) is 18.7 Å². The van der Waals surface area contributed by atoms with Crippen LogP contribution in [0.25, 0.3) is 11.4 Å². The van der Waals surface area contributed by atoms with Crippen LogP contribution in [0.2, 0.25) is 0 Å². The Kier molecular flexibility index (Phi) is 3.40. The number of hydrogen-bond acceptors (Lipinski definition) is 6. The van der Waals surface area contributed by atoms with Crippen LogP contribution in [0.5, 0.6) is 0 Å². The van der Waals surface area contributed by atoms with E-state index in [1.807, 2.05) is 16.8 Å². The largest absolute Gasteiger partial charge is 0.338 e. The van der Waals surface area contributed by atoms with Gasteiger partial charge in [-0.3, -0.25) is 4.90 Å². The molecular weight excluding hydrogens is 248 g/mol.